The van der Waals surface area contributed by atoms with E-state index in [-0.39, 0.29) is 10.9 Å². The fraction of sp³-hybridized carbons (Fsp3) is 0.0588. The number of anilines is 1. The van der Waals surface area contributed by atoms with Gasteiger partial charge in [0.1, 0.15) is 0 Å². The molecule has 0 aliphatic carbocycles. The Kier molecular flexibility index (Phi) is 5.87. The molecule has 0 radical (unpaired) electrons. The van der Waals surface area contributed by atoms with Crippen molar-refractivity contribution in [2.45, 2.75) is 6.42 Å². The molecule has 0 aliphatic heterocycles. The summed E-state index contributed by atoms with van der Waals surface area (Å²) < 4.78 is 0. The van der Waals surface area contributed by atoms with E-state index in [4.69, 9.17) is 46.4 Å². The van der Waals surface area contributed by atoms with Crippen LogP contribution in [0.5, 0.6) is 0 Å². The van der Waals surface area contributed by atoms with Crippen LogP contribution in [0.1, 0.15) is 20.8 Å². The highest BCUT2D eigenvalue weighted by molar-refractivity contribution is 7.15. The highest BCUT2D eigenvalue weighted by Gasteiger charge is 2.13. The molecule has 0 unspecified atom stereocenters. The highest BCUT2D eigenvalue weighted by atomic mass is 35.5. The maximum atomic E-state index is 12.3. The van der Waals surface area contributed by atoms with Gasteiger partial charge in [0.2, 0.25) is 0 Å². The number of amides is 1. The third-order valence-electron chi connectivity index (χ3n) is 3.31. The lowest BCUT2D eigenvalue weighted by Crippen LogP contribution is -2.12. The smallest absolute Gasteiger partial charge is 0.258 e. The Hall–Kier alpha value is -1.30. The zero-order chi connectivity index (χ0) is 18.0. The number of rotatable bonds is 4. The van der Waals surface area contributed by atoms with Crippen LogP contribution >= 0.6 is 57.7 Å². The topological polar surface area (TPSA) is 42.0 Å². The van der Waals surface area contributed by atoms with Gasteiger partial charge in [0.15, 0.2) is 5.13 Å². The van der Waals surface area contributed by atoms with Gasteiger partial charge < -0.3 is 0 Å². The second kappa shape index (κ2) is 7.94. The van der Waals surface area contributed by atoms with Crippen molar-refractivity contribution in [1.29, 1.82) is 0 Å². The van der Waals surface area contributed by atoms with E-state index >= 15 is 0 Å². The standard InChI is InChI=1S/C17H10Cl4N2OS/c18-10-2-3-12(14(20)7-10)16(24)23-17-22-8-11(25-17)5-9-1-4-13(19)15(21)6-9/h1-4,6-8H,5H2,(H,22,23,24). The Bertz CT molecular complexity index is 942. The molecule has 1 heterocycles. The van der Waals surface area contributed by atoms with Crippen LogP contribution in [0.4, 0.5) is 5.13 Å². The van der Waals surface area contributed by atoms with E-state index in [9.17, 15) is 4.79 Å². The van der Waals surface area contributed by atoms with Crippen molar-refractivity contribution < 1.29 is 4.79 Å². The van der Waals surface area contributed by atoms with Crippen molar-refractivity contribution in [2.75, 3.05) is 5.32 Å². The third-order valence-corrected chi connectivity index (χ3v) is 5.51. The van der Waals surface area contributed by atoms with E-state index in [2.05, 4.69) is 10.3 Å². The van der Waals surface area contributed by atoms with E-state index in [1.165, 1.54) is 17.4 Å². The first-order valence-corrected chi connectivity index (χ1v) is 9.40. The monoisotopic (exact) mass is 430 g/mol. The van der Waals surface area contributed by atoms with E-state index in [1.54, 1.807) is 24.4 Å². The van der Waals surface area contributed by atoms with Gasteiger partial charge in [0, 0.05) is 22.5 Å². The number of aromatic nitrogens is 1. The summed E-state index contributed by atoms with van der Waals surface area (Å²) in [4.78, 5) is 17.5. The lowest BCUT2D eigenvalue weighted by atomic mass is 10.1. The summed E-state index contributed by atoms with van der Waals surface area (Å²) >= 11 is 25.2. The molecule has 128 valence electrons. The molecule has 2 aromatic carbocycles. The first kappa shape index (κ1) is 18.5. The maximum Gasteiger partial charge on any atom is 0.258 e. The summed E-state index contributed by atoms with van der Waals surface area (Å²) in [5, 5.41) is 5.02. The Balaban J connectivity index is 1.70. The van der Waals surface area contributed by atoms with Crippen molar-refractivity contribution in [3.63, 3.8) is 0 Å². The van der Waals surface area contributed by atoms with Crippen LogP contribution in [-0.2, 0) is 6.42 Å². The second-order valence-corrected chi connectivity index (χ2v) is 7.91. The summed E-state index contributed by atoms with van der Waals surface area (Å²) in [6.45, 7) is 0. The van der Waals surface area contributed by atoms with Gasteiger partial charge in [-0.1, -0.05) is 52.5 Å². The number of thiazole rings is 1. The molecule has 3 rings (SSSR count). The number of hydrogen-bond acceptors (Lipinski definition) is 3. The minimum Gasteiger partial charge on any atom is -0.298 e. The molecule has 0 bridgehead atoms. The van der Waals surface area contributed by atoms with Gasteiger partial charge >= 0.3 is 0 Å². The predicted octanol–water partition coefficient (Wildman–Crippen LogP) is 6.60. The van der Waals surface area contributed by atoms with Crippen molar-refractivity contribution in [3.05, 3.63) is 78.7 Å². The molecular weight excluding hydrogens is 422 g/mol. The molecule has 0 fully saturated rings. The van der Waals surface area contributed by atoms with Gasteiger partial charge in [-0.3, -0.25) is 10.1 Å². The third kappa shape index (κ3) is 4.66. The van der Waals surface area contributed by atoms with Crippen LogP contribution in [0.2, 0.25) is 20.1 Å². The number of nitrogens with zero attached hydrogens (tertiary/aromatic N) is 1. The quantitative estimate of drug-likeness (QED) is 0.505. The van der Waals surface area contributed by atoms with Gasteiger partial charge in [0.25, 0.3) is 5.91 Å². The molecule has 1 amide bonds. The van der Waals surface area contributed by atoms with Gasteiger partial charge in [-0.25, -0.2) is 4.98 Å². The zero-order valence-electron chi connectivity index (χ0n) is 12.5. The van der Waals surface area contributed by atoms with Crippen LogP contribution in [0, 0.1) is 0 Å². The van der Waals surface area contributed by atoms with Crippen LogP contribution in [0.25, 0.3) is 0 Å². The molecule has 25 heavy (non-hydrogen) atoms. The number of halogens is 4. The van der Waals surface area contributed by atoms with Crippen LogP contribution in [0.15, 0.2) is 42.6 Å². The summed E-state index contributed by atoms with van der Waals surface area (Å²) in [6.07, 6.45) is 2.36. The van der Waals surface area contributed by atoms with Crippen LogP contribution in [0.3, 0.4) is 0 Å². The number of nitrogens with one attached hydrogen (secondary N) is 1. The molecular formula is C17H10Cl4N2OS. The highest BCUT2D eigenvalue weighted by Crippen LogP contribution is 2.27. The van der Waals surface area contributed by atoms with E-state index in [1.807, 2.05) is 12.1 Å². The van der Waals surface area contributed by atoms with Crippen LogP contribution < -0.4 is 5.32 Å². The Morgan fingerprint density at radius 2 is 1.80 bits per heavy atom. The molecule has 1 aromatic heterocycles. The molecule has 0 saturated carbocycles. The minimum atomic E-state index is -0.336. The molecule has 3 nitrogen and oxygen atoms in total. The van der Waals surface area contributed by atoms with E-state index < -0.39 is 0 Å². The largest absolute Gasteiger partial charge is 0.298 e. The number of carbonyl (C=O) groups excluding carboxylic acids is 1. The summed E-state index contributed by atoms with van der Waals surface area (Å²) in [7, 11) is 0. The molecule has 1 N–H and O–H groups in total. The van der Waals surface area contributed by atoms with Gasteiger partial charge in [-0.15, -0.1) is 11.3 Å². The Morgan fingerprint density at radius 1 is 1.00 bits per heavy atom. The lowest BCUT2D eigenvalue weighted by molar-refractivity contribution is 0.102. The van der Waals surface area contributed by atoms with E-state index in [0.29, 0.717) is 32.2 Å². The molecule has 0 atom stereocenters. The van der Waals surface area contributed by atoms with Crippen LogP contribution in [-0.4, -0.2) is 10.9 Å². The van der Waals surface area contributed by atoms with Gasteiger partial charge in [-0.05, 0) is 35.9 Å². The number of benzene rings is 2. The Labute approximate surface area is 168 Å². The maximum absolute atomic E-state index is 12.3. The first-order chi connectivity index (χ1) is 11.9. The van der Waals surface area contributed by atoms with Crippen molar-refractivity contribution in [2.24, 2.45) is 0 Å². The minimum absolute atomic E-state index is 0.289. The van der Waals surface area contributed by atoms with Crippen molar-refractivity contribution in [3.8, 4) is 0 Å². The fourth-order valence-electron chi connectivity index (χ4n) is 2.14. The second-order valence-electron chi connectivity index (χ2n) is 5.14. The van der Waals surface area contributed by atoms with Crippen molar-refractivity contribution in [1.82, 2.24) is 4.98 Å². The lowest BCUT2D eigenvalue weighted by Gasteiger charge is -2.04. The normalized spacial score (nSPS) is 10.7. The summed E-state index contributed by atoms with van der Waals surface area (Å²) in [5.74, 6) is -0.336. The average Bonchev–Trinajstić information content (AvgIpc) is 2.97. The Morgan fingerprint density at radius 3 is 2.52 bits per heavy atom. The molecule has 0 spiro atoms. The summed E-state index contributed by atoms with van der Waals surface area (Å²) in [5.41, 5.74) is 1.35. The molecule has 8 heteroatoms. The van der Waals surface area contributed by atoms with E-state index in [0.717, 1.165) is 10.4 Å². The number of hydrogen-bond donors (Lipinski definition) is 1. The summed E-state index contributed by atoms with van der Waals surface area (Å²) in [6, 6.07) is 10.2. The fourth-order valence-corrected chi connectivity index (χ4v) is 3.79. The zero-order valence-corrected chi connectivity index (χ0v) is 16.4. The van der Waals surface area contributed by atoms with Crippen molar-refractivity contribution >= 4 is 68.8 Å². The average molecular weight is 432 g/mol. The first-order valence-electron chi connectivity index (χ1n) is 7.07. The predicted molar refractivity (Wildman–Crippen MR) is 106 cm³/mol. The number of carbonyl (C=O) groups is 1. The van der Waals surface area contributed by atoms with Gasteiger partial charge in [0.05, 0.1) is 20.6 Å². The van der Waals surface area contributed by atoms with Gasteiger partial charge in [-0.2, -0.15) is 0 Å². The molecule has 3 aromatic rings. The molecule has 0 aliphatic rings. The molecule has 0 saturated heterocycles. The SMILES string of the molecule is O=C(Nc1ncc(Cc2ccc(Cl)c(Cl)c2)s1)c1ccc(Cl)cc1Cl.